The lowest BCUT2D eigenvalue weighted by Crippen LogP contribution is -2.48. The lowest BCUT2D eigenvalue weighted by molar-refractivity contribution is 0.152. The molecule has 3 rings (SSSR count). The van der Waals surface area contributed by atoms with Crippen LogP contribution in [0, 0.1) is 17.8 Å². The summed E-state index contributed by atoms with van der Waals surface area (Å²) in [6, 6.07) is 1.95. The van der Waals surface area contributed by atoms with Gasteiger partial charge in [-0.25, -0.2) is 4.98 Å². The molecule has 5 unspecified atom stereocenters. The van der Waals surface area contributed by atoms with E-state index >= 15 is 0 Å². The lowest BCUT2D eigenvalue weighted by Gasteiger charge is -2.40. The number of aromatic nitrogens is 2. The van der Waals surface area contributed by atoms with Gasteiger partial charge in [0.15, 0.2) is 0 Å². The molecule has 1 aromatic rings. The van der Waals surface area contributed by atoms with Crippen molar-refractivity contribution in [1.29, 1.82) is 0 Å². The van der Waals surface area contributed by atoms with Gasteiger partial charge in [-0.1, -0.05) is 27.2 Å². The fourth-order valence-corrected chi connectivity index (χ4v) is 4.63. The maximum atomic E-state index is 4.24. The fraction of sp³-hybridized carbons (Fsp3) is 0.833. The molecule has 3 nitrogen and oxygen atoms in total. The third kappa shape index (κ3) is 3.33. The maximum Gasteiger partial charge on any atom is 0.0949 e. The van der Waals surface area contributed by atoms with E-state index < -0.39 is 0 Å². The van der Waals surface area contributed by atoms with Gasteiger partial charge in [-0.3, -0.25) is 0 Å². The number of rotatable bonds is 4. The minimum Gasteiger partial charge on any atom is -0.333 e. The van der Waals surface area contributed by atoms with Crippen molar-refractivity contribution in [2.24, 2.45) is 17.8 Å². The van der Waals surface area contributed by atoms with Crippen LogP contribution in [0.4, 0.5) is 0 Å². The van der Waals surface area contributed by atoms with E-state index in [1.165, 1.54) is 38.5 Å². The Balaban J connectivity index is 1.68. The van der Waals surface area contributed by atoms with Gasteiger partial charge < -0.3 is 9.88 Å². The summed E-state index contributed by atoms with van der Waals surface area (Å²) in [5, 5.41) is 4.07. The Hall–Kier alpha value is -0.830. The van der Waals surface area contributed by atoms with Crippen molar-refractivity contribution in [1.82, 2.24) is 14.9 Å². The second-order valence-corrected chi connectivity index (χ2v) is 7.71. The Labute approximate surface area is 129 Å². The van der Waals surface area contributed by atoms with Crippen molar-refractivity contribution in [3.63, 3.8) is 0 Å². The number of nitrogens with one attached hydrogen (secondary N) is 1. The van der Waals surface area contributed by atoms with Crippen LogP contribution in [0.25, 0.3) is 0 Å². The molecule has 0 radical (unpaired) electrons. The van der Waals surface area contributed by atoms with Crippen LogP contribution in [0.2, 0.25) is 0 Å². The van der Waals surface area contributed by atoms with Gasteiger partial charge in [-0.15, -0.1) is 0 Å². The molecular formula is C18H31N3. The van der Waals surface area contributed by atoms with E-state index in [0.29, 0.717) is 18.1 Å². The summed E-state index contributed by atoms with van der Waals surface area (Å²) in [6.45, 7) is 7.22. The summed E-state index contributed by atoms with van der Waals surface area (Å²) in [5.41, 5.74) is 0. The molecule has 2 fully saturated rings. The van der Waals surface area contributed by atoms with Crippen molar-refractivity contribution in [2.45, 2.75) is 77.4 Å². The average molecular weight is 289 g/mol. The molecular weight excluding hydrogens is 258 g/mol. The molecule has 0 aliphatic heterocycles. The van der Waals surface area contributed by atoms with Crippen LogP contribution in [-0.4, -0.2) is 21.6 Å². The highest BCUT2D eigenvalue weighted by Crippen LogP contribution is 2.36. The van der Waals surface area contributed by atoms with Crippen LogP contribution in [0.3, 0.4) is 0 Å². The van der Waals surface area contributed by atoms with E-state index in [-0.39, 0.29) is 0 Å². The lowest BCUT2D eigenvalue weighted by atomic mass is 9.73. The van der Waals surface area contributed by atoms with E-state index in [2.05, 4.69) is 41.8 Å². The topological polar surface area (TPSA) is 29.9 Å². The first-order chi connectivity index (χ1) is 10.1. The molecule has 0 spiro atoms. The van der Waals surface area contributed by atoms with Crippen LogP contribution >= 0.6 is 0 Å². The summed E-state index contributed by atoms with van der Waals surface area (Å²) < 4.78 is 2.32. The summed E-state index contributed by atoms with van der Waals surface area (Å²) in [5.74, 6) is 2.53. The van der Waals surface area contributed by atoms with Crippen molar-refractivity contribution >= 4 is 0 Å². The highest BCUT2D eigenvalue weighted by atomic mass is 15.1. The molecule has 1 heterocycles. The van der Waals surface area contributed by atoms with E-state index in [1.807, 2.05) is 12.5 Å². The molecule has 118 valence electrons. The fourth-order valence-electron chi connectivity index (χ4n) is 4.63. The van der Waals surface area contributed by atoms with Gasteiger partial charge in [0.25, 0.3) is 0 Å². The SMILES string of the molecule is CC1CCC(C(C)C)C(NC2CCCC2n2ccnc2)C1. The van der Waals surface area contributed by atoms with E-state index in [4.69, 9.17) is 0 Å². The average Bonchev–Trinajstić information content (AvgIpc) is 3.08. The molecule has 3 heteroatoms. The standard InChI is InChI=1S/C18H31N3/c1-13(2)15-8-7-14(3)11-17(15)20-16-5-4-6-18(16)21-10-9-19-12-21/h9-10,12-18,20H,4-8,11H2,1-3H3. The van der Waals surface area contributed by atoms with Crippen molar-refractivity contribution < 1.29 is 0 Å². The molecule has 2 aliphatic rings. The molecule has 0 aromatic carbocycles. The Kier molecular flexibility index (Phi) is 4.68. The van der Waals surface area contributed by atoms with E-state index in [1.54, 1.807) is 0 Å². The minimum atomic E-state index is 0.609. The number of hydrogen-bond donors (Lipinski definition) is 1. The van der Waals surface area contributed by atoms with E-state index in [0.717, 1.165) is 17.8 Å². The molecule has 2 saturated carbocycles. The van der Waals surface area contributed by atoms with Crippen molar-refractivity contribution in [3.05, 3.63) is 18.7 Å². The quantitative estimate of drug-likeness (QED) is 0.907. The smallest absolute Gasteiger partial charge is 0.0949 e. The molecule has 0 amide bonds. The van der Waals surface area contributed by atoms with E-state index in [9.17, 15) is 0 Å². The van der Waals surface area contributed by atoms with Crippen LogP contribution in [-0.2, 0) is 0 Å². The van der Waals surface area contributed by atoms with Gasteiger partial charge in [-0.05, 0) is 49.9 Å². The second-order valence-electron chi connectivity index (χ2n) is 7.71. The second kappa shape index (κ2) is 6.51. The van der Waals surface area contributed by atoms with Gasteiger partial charge in [0.1, 0.15) is 0 Å². The number of hydrogen-bond acceptors (Lipinski definition) is 2. The molecule has 2 aliphatic carbocycles. The van der Waals surface area contributed by atoms with Gasteiger partial charge in [0.2, 0.25) is 0 Å². The number of nitrogens with zero attached hydrogens (tertiary/aromatic N) is 2. The first kappa shape index (κ1) is 15.1. The normalized spacial score (nSPS) is 37.2. The predicted molar refractivity (Wildman–Crippen MR) is 87.2 cm³/mol. The highest BCUT2D eigenvalue weighted by Gasteiger charge is 2.35. The largest absolute Gasteiger partial charge is 0.333 e. The van der Waals surface area contributed by atoms with Gasteiger partial charge in [0, 0.05) is 30.5 Å². The zero-order valence-corrected chi connectivity index (χ0v) is 13.8. The molecule has 0 bridgehead atoms. The molecule has 21 heavy (non-hydrogen) atoms. The zero-order valence-electron chi connectivity index (χ0n) is 13.8. The Morgan fingerprint density at radius 2 is 2.00 bits per heavy atom. The Bertz CT molecular complexity index is 426. The number of imidazole rings is 1. The van der Waals surface area contributed by atoms with Crippen LogP contribution in [0.1, 0.15) is 65.3 Å². The maximum absolute atomic E-state index is 4.24. The molecule has 1 aromatic heterocycles. The molecule has 5 atom stereocenters. The molecule has 1 N–H and O–H groups in total. The Morgan fingerprint density at radius 1 is 1.14 bits per heavy atom. The monoisotopic (exact) mass is 289 g/mol. The first-order valence-electron chi connectivity index (χ1n) is 8.88. The first-order valence-corrected chi connectivity index (χ1v) is 8.88. The van der Waals surface area contributed by atoms with Gasteiger partial charge in [-0.2, -0.15) is 0 Å². The summed E-state index contributed by atoms with van der Waals surface area (Å²) >= 11 is 0. The molecule has 0 saturated heterocycles. The minimum absolute atomic E-state index is 0.609. The van der Waals surface area contributed by atoms with Crippen LogP contribution < -0.4 is 5.32 Å². The van der Waals surface area contributed by atoms with Crippen molar-refractivity contribution in [2.75, 3.05) is 0 Å². The Morgan fingerprint density at radius 3 is 2.71 bits per heavy atom. The van der Waals surface area contributed by atoms with Crippen LogP contribution in [0.5, 0.6) is 0 Å². The summed E-state index contributed by atoms with van der Waals surface area (Å²) in [4.78, 5) is 4.24. The van der Waals surface area contributed by atoms with Gasteiger partial charge >= 0.3 is 0 Å². The summed E-state index contributed by atoms with van der Waals surface area (Å²) in [6.07, 6.45) is 14.2. The third-order valence-electron chi connectivity index (χ3n) is 5.84. The summed E-state index contributed by atoms with van der Waals surface area (Å²) in [7, 11) is 0. The van der Waals surface area contributed by atoms with Crippen molar-refractivity contribution in [3.8, 4) is 0 Å². The zero-order chi connectivity index (χ0) is 14.8. The van der Waals surface area contributed by atoms with Crippen LogP contribution in [0.15, 0.2) is 18.7 Å². The predicted octanol–water partition coefficient (Wildman–Crippen LogP) is 4.03. The highest BCUT2D eigenvalue weighted by molar-refractivity contribution is 4.95. The third-order valence-corrected chi connectivity index (χ3v) is 5.84. The van der Waals surface area contributed by atoms with Gasteiger partial charge in [0.05, 0.1) is 6.33 Å².